The lowest BCUT2D eigenvalue weighted by molar-refractivity contribution is -0.123. The summed E-state index contributed by atoms with van der Waals surface area (Å²) in [6.45, 7) is 3.76. The van der Waals surface area contributed by atoms with Crippen LogP contribution in [0.2, 0.25) is 0 Å². The van der Waals surface area contributed by atoms with Gasteiger partial charge in [0, 0.05) is 6.20 Å². The fourth-order valence-corrected chi connectivity index (χ4v) is 0.966. The van der Waals surface area contributed by atoms with Crippen molar-refractivity contribution in [3.63, 3.8) is 0 Å². The van der Waals surface area contributed by atoms with Gasteiger partial charge in [-0.25, -0.2) is 0 Å². The first-order valence-electron chi connectivity index (χ1n) is 4.01. The summed E-state index contributed by atoms with van der Waals surface area (Å²) in [4.78, 5) is 10.9. The van der Waals surface area contributed by atoms with Crippen molar-refractivity contribution in [3.8, 4) is 0 Å². The molecule has 0 aromatic carbocycles. The lowest BCUT2D eigenvalue weighted by Gasteiger charge is -2.19. The standard InChI is InChI=1S/C8H14N4O/c1-6-3-4-12(11-6)5-8(2,10)7(9)13/h3-4H,5,10H2,1-2H3,(H2,9,13). The van der Waals surface area contributed by atoms with Crippen LogP contribution < -0.4 is 11.5 Å². The Morgan fingerprint density at radius 3 is 2.77 bits per heavy atom. The maximum Gasteiger partial charge on any atom is 0.239 e. The molecule has 0 saturated carbocycles. The van der Waals surface area contributed by atoms with Crippen LogP contribution in [0.1, 0.15) is 12.6 Å². The first kappa shape index (κ1) is 9.73. The van der Waals surface area contributed by atoms with E-state index in [9.17, 15) is 4.79 Å². The minimum Gasteiger partial charge on any atom is -0.368 e. The molecule has 0 aliphatic rings. The number of aryl methyl sites for hydroxylation is 1. The molecule has 0 bridgehead atoms. The van der Waals surface area contributed by atoms with Crippen molar-refractivity contribution >= 4 is 5.91 Å². The Morgan fingerprint density at radius 1 is 1.77 bits per heavy atom. The molecule has 0 aliphatic carbocycles. The highest BCUT2D eigenvalue weighted by Gasteiger charge is 2.26. The Hall–Kier alpha value is -1.36. The molecule has 0 fully saturated rings. The zero-order chi connectivity index (χ0) is 10.1. The molecule has 1 aromatic heterocycles. The van der Waals surface area contributed by atoms with Crippen LogP contribution in [0.25, 0.3) is 0 Å². The summed E-state index contributed by atoms with van der Waals surface area (Å²) in [5.74, 6) is -0.527. The first-order valence-corrected chi connectivity index (χ1v) is 4.01. The molecule has 1 aromatic rings. The third kappa shape index (κ3) is 2.29. The molecule has 13 heavy (non-hydrogen) atoms. The molecule has 1 amide bonds. The van der Waals surface area contributed by atoms with Crippen LogP contribution >= 0.6 is 0 Å². The largest absolute Gasteiger partial charge is 0.368 e. The monoisotopic (exact) mass is 182 g/mol. The first-order chi connectivity index (χ1) is 5.92. The highest BCUT2D eigenvalue weighted by atomic mass is 16.1. The number of aromatic nitrogens is 2. The lowest BCUT2D eigenvalue weighted by Crippen LogP contribution is -2.52. The number of amides is 1. The van der Waals surface area contributed by atoms with E-state index >= 15 is 0 Å². The molecule has 72 valence electrons. The zero-order valence-electron chi connectivity index (χ0n) is 7.82. The third-order valence-corrected chi connectivity index (χ3v) is 1.83. The van der Waals surface area contributed by atoms with Gasteiger partial charge in [-0.3, -0.25) is 9.48 Å². The van der Waals surface area contributed by atoms with Crippen molar-refractivity contribution < 1.29 is 4.79 Å². The molecule has 0 spiro atoms. The van der Waals surface area contributed by atoms with Gasteiger partial charge < -0.3 is 11.5 Å². The van der Waals surface area contributed by atoms with E-state index in [1.54, 1.807) is 17.8 Å². The average molecular weight is 182 g/mol. The number of carbonyl (C=O) groups is 1. The van der Waals surface area contributed by atoms with E-state index in [-0.39, 0.29) is 0 Å². The molecule has 4 N–H and O–H groups in total. The predicted molar refractivity (Wildman–Crippen MR) is 48.8 cm³/mol. The van der Waals surface area contributed by atoms with Gasteiger partial charge in [0.1, 0.15) is 5.54 Å². The quantitative estimate of drug-likeness (QED) is 0.654. The molecule has 0 radical (unpaired) electrons. The van der Waals surface area contributed by atoms with Gasteiger partial charge in [0.15, 0.2) is 0 Å². The maximum atomic E-state index is 10.9. The van der Waals surface area contributed by atoms with E-state index in [1.165, 1.54) is 0 Å². The summed E-state index contributed by atoms with van der Waals surface area (Å²) >= 11 is 0. The Balaban J connectivity index is 2.74. The summed E-state index contributed by atoms with van der Waals surface area (Å²) in [5.41, 5.74) is 10.6. The smallest absolute Gasteiger partial charge is 0.239 e. The average Bonchev–Trinajstić information content (AvgIpc) is 2.34. The van der Waals surface area contributed by atoms with E-state index in [2.05, 4.69) is 5.10 Å². The van der Waals surface area contributed by atoms with Crippen molar-refractivity contribution in [3.05, 3.63) is 18.0 Å². The van der Waals surface area contributed by atoms with Crippen molar-refractivity contribution in [1.29, 1.82) is 0 Å². The molecule has 5 heteroatoms. The topological polar surface area (TPSA) is 86.9 Å². The molecule has 0 aliphatic heterocycles. The van der Waals surface area contributed by atoms with E-state index < -0.39 is 11.4 Å². The van der Waals surface area contributed by atoms with Gasteiger partial charge in [-0.05, 0) is 19.9 Å². The minimum atomic E-state index is -1.04. The molecular formula is C8H14N4O. The summed E-state index contributed by atoms with van der Waals surface area (Å²) in [7, 11) is 0. The lowest BCUT2D eigenvalue weighted by atomic mass is 10.0. The second-order valence-electron chi connectivity index (χ2n) is 3.44. The number of nitrogens with zero attached hydrogens (tertiary/aromatic N) is 2. The number of hydrogen-bond acceptors (Lipinski definition) is 3. The highest BCUT2D eigenvalue weighted by molar-refractivity contribution is 5.83. The van der Waals surface area contributed by atoms with Gasteiger partial charge in [0.2, 0.25) is 5.91 Å². The molecule has 1 atom stereocenters. The van der Waals surface area contributed by atoms with Gasteiger partial charge in [0.25, 0.3) is 0 Å². The van der Waals surface area contributed by atoms with E-state index in [0.29, 0.717) is 6.54 Å². The fraction of sp³-hybridized carbons (Fsp3) is 0.500. The van der Waals surface area contributed by atoms with Crippen LogP contribution in [0.15, 0.2) is 12.3 Å². The van der Waals surface area contributed by atoms with Gasteiger partial charge in [-0.2, -0.15) is 5.10 Å². The number of carbonyl (C=O) groups excluding carboxylic acids is 1. The Bertz CT molecular complexity index is 316. The summed E-state index contributed by atoms with van der Waals surface area (Å²) < 4.78 is 1.61. The Labute approximate surface area is 76.7 Å². The predicted octanol–water partition coefficient (Wildman–Crippen LogP) is -0.606. The second kappa shape index (κ2) is 3.18. The van der Waals surface area contributed by atoms with E-state index in [4.69, 9.17) is 11.5 Å². The normalized spacial score (nSPS) is 15.3. The number of nitrogens with two attached hydrogens (primary N) is 2. The molecular weight excluding hydrogens is 168 g/mol. The summed E-state index contributed by atoms with van der Waals surface area (Å²) in [6, 6.07) is 1.84. The van der Waals surface area contributed by atoms with Crippen LogP contribution in [0, 0.1) is 6.92 Å². The van der Waals surface area contributed by atoms with Crippen LogP contribution in [0.4, 0.5) is 0 Å². The van der Waals surface area contributed by atoms with Crippen LogP contribution in [-0.2, 0) is 11.3 Å². The molecule has 0 saturated heterocycles. The van der Waals surface area contributed by atoms with Crippen molar-refractivity contribution in [2.45, 2.75) is 25.9 Å². The number of primary amides is 1. The summed E-state index contributed by atoms with van der Waals surface area (Å²) in [5, 5.41) is 4.11. The minimum absolute atomic E-state index is 0.302. The number of rotatable bonds is 3. The van der Waals surface area contributed by atoms with Crippen LogP contribution in [0.5, 0.6) is 0 Å². The van der Waals surface area contributed by atoms with E-state index in [1.807, 2.05) is 13.0 Å². The van der Waals surface area contributed by atoms with Gasteiger partial charge in [-0.1, -0.05) is 0 Å². The molecule has 1 heterocycles. The third-order valence-electron chi connectivity index (χ3n) is 1.83. The van der Waals surface area contributed by atoms with Crippen LogP contribution in [-0.4, -0.2) is 21.2 Å². The summed E-state index contributed by atoms with van der Waals surface area (Å²) in [6.07, 6.45) is 1.77. The molecule has 1 rings (SSSR count). The molecule has 1 unspecified atom stereocenters. The van der Waals surface area contributed by atoms with Gasteiger partial charge in [-0.15, -0.1) is 0 Å². The van der Waals surface area contributed by atoms with Gasteiger partial charge >= 0.3 is 0 Å². The van der Waals surface area contributed by atoms with Crippen LogP contribution in [0.3, 0.4) is 0 Å². The van der Waals surface area contributed by atoms with Crippen molar-refractivity contribution in [2.75, 3.05) is 0 Å². The van der Waals surface area contributed by atoms with Crippen molar-refractivity contribution in [1.82, 2.24) is 9.78 Å². The number of hydrogen-bond donors (Lipinski definition) is 2. The van der Waals surface area contributed by atoms with E-state index in [0.717, 1.165) is 5.69 Å². The van der Waals surface area contributed by atoms with Gasteiger partial charge in [0.05, 0.1) is 12.2 Å². The Morgan fingerprint density at radius 2 is 2.38 bits per heavy atom. The Kier molecular flexibility index (Phi) is 2.38. The van der Waals surface area contributed by atoms with Crippen molar-refractivity contribution in [2.24, 2.45) is 11.5 Å². The highest BCUT2D eigenvalue weighted by Crippen LogP contribution is 2.03. The zero-order valence-corrected chi connectivity index (χ0v) is 7.82. The fourth-order valence-electron chi connectivity index (χ4n) is 0.966. The SMILES string of the molecule is Cc1ccn(CC(C)(N)C(N)=O)n1. The molecule has 5 nitrogen and oxygen atoms in total. The second-order valence-corrected chi connectivity index (χ2v) is 3.44. The maximum absolute atomic E-state index is 10.9.